The van der Waals surface area contributed by atoms with Crippen molar-refractivity contribution in [1.82, 2.24) is 0 Å². The van der Waals surface area contributed by atoms with Crippen LogP contribution in [0.15, 0.2) is 53.2 Å². The summed E-state index contributed by atoms with van der Waals surface area (Å²) >= 11 is 17.6. The van der Waals surface area contributed by atoms with Gasteiger partial charge in [0.05, 0.1) is 10.0 Å². The van der Waals surface area contributed by atoms with E-state index >= 15 is 0 Å². The van der Waals surface area contributed by atoms with Crippen molar-refractivity contribution in [3.8, 4) is 0 Å². The lowest BCUT2D eigenvalue weighted by Crippen LogP contribution is -2.05. The molecule has 0 saturated heterocycles. The summed E-state index contributed by atoms with van der Waals surface area (Å²) in [6.07, 6.45) is 1.59. The van der Waals surface area contributed by atoms with Crippen LogP contribution in [0, 0.1) is 0 Å². The predicted molar refractivity (Wildman–Crippen MR) is 88.5 cm³/mol. The highest BCUT2D eigenvalue weighted by Gasteiger charge is 2.24. The Bertz CT molecular complexity index is 811. The van der Waals surface area contributed by atoms with E-state index in [9.17, 15) is 4.79 Å². The molecule has 1 heterocycles. The molecule has 0 radical (unpaired) electrons. The number of halogens is 3. The van der Waals surface area contributed by atoms with E-state index in [0.717, 1.165) is 0 Å². The minimum absolute atomic E-state index is 0.198. The molecule has 0 fully saturated rings. The van der Waals surface area contributed by atoms with Gasteiger partial charge < -0.3 is 4.74 Å². The van der Waals surface area contributed by atoms with E-state index < -0.39 is 5.97 Å². The number of aliphatic imine (C=N–C) groups is 1. The fraction of sp³-hybridized carbons (Fsp3) is 0. The van der Waals surface area contributed by atoms with E-state index in [1.165, 1.54) is 0 Å². The van der Waals surface area contributed by atoms with E-state index in [2.05, 4.69) is 4.99 Å². The summed E-state index contributed by atoms with van der Waals surface area (Å²) in [4.78, 5) is 16.1. The van der Waals surface area contributed by atoms with Crippen LogP contribution in [0.3, 0.4) is 0 Å². The van der Waals surface area contributed by atoms with Gasteiger partial charge in [-0.1, -0.05) is 40.9 Å². The summed E-state index contributed by atoms with van der Waals surface area (Å²) in [5, 5.41) is 1.45. The summed E-state index contributed by atoms with van der Waals surface area (Å²) in [6.45, 7) is 0. The van der Waals surface area contributed by atoms with Gasteiger partial charge in [-0.3, -0.25) is 0 Å². The number of hydrogen-bond donors (Lipinski definition) is 0. The average Bonchev–Trinajstić information content (AvgIpc) is 2.85. The molecule has 0 spiro atoms. The number of cyclic esters (lactones) is 1. The van der Waals surface area contributed by atoms with Gasteiger partial charge in [-0.25, -0.2) is 9.79 Å². The molecule has 0 aromatic heterocycles. The highest BCUT2D eigenvalue weighted by atomic mass is 35.5. The van der Waals surface area contributed by atoms with E-state index in [0.29, 0.717) is 26.2 Å². The average molecular weight is 353 g/mol. The standard InChI is InChI=1S/C16H8Cl3NO2/c17-11-4-2-10(3-5-11)15-20-14(16(21)22-15)8-9-1-6-12(18)13(19)7-9/h1-8H. The molecule has 0 saturated carbocycles. The Balaban J connectivity index is 1.93. The minimum atomic E-state index is -0.518. The molecule has 0 aliphatic carbocycles. The van der Waals surface area contributed by atoms with E-state index in [-0.39, 0.29) is 11.6 Å². The first-order valence-electron chi connectivity index (χ1n) is 6.26. The van der Waals surface area contributed by atoms with E-state index in [1.807, 2.05) is 0 Å². The topological polar surface area (TPSA) is 38.7 Å². The Labute approximate surface area is 141 Å². The van der Waals surface area contributed by atoms with Crippen molar-refractivity contribution in [2.24, 2.45) is 4.99 Å². The first kappa shape index (κ1) is 15.1. The maximum absolute atomic E-state index is 11.9. The molecule has 0 unspecified atom stereocenters. The van der Waals surface area contributed by atoms with Crippen molar-refractivity contribution in [3.63, 3.8) is 0 Å². The second-order valence-corrected chi connectivity index (χ2v) is 5.77. The van der Waals surface area contributed by atoms with Gasteiger partial charge in [0, 0.05) is 10.6 Å². The Morgan fingerprint density at radius 1 is 0.955 bits per heavy atom. The van der Waals surface area contributed by atoms with Crippen LogP contribution in [0.4, 0.5) is 0 Å². The van der Waals surface area contributed by atoms with Crippen LogP contribution >= 0.6 is 34.8 Å². The number of carbonyl (C=O) groups is 1. The lowest BCUT2D eigenvalue weighted by atomic mass is 10.2. The molecule has 3 nitrogen and oxygen atoms in total. The number of ether oxygens (including phenoxy) is 1. The first-order valence-corrected chi connectivity index (χ1v) is 7.40. The smallest absolute Gasteiger partial charge is 0.363 e. The van der Waals surface area contributed by atoms with Crippen molar-refractivity contribution in [2.45, 2.75) is 0 Å². The van der Waals surface area contributed by atoms with Crippen LogP contribution in [0.5, 0.6) is 0 Å². The molecule has 1 aliphatic rings. The van der Waals surface area contributed by atoms with Gasteiger partial charge in [0.2, 0.25) is 5.90 Å². The number of rotatable bonds is 2. The van der Waals surface area contributed by atoms with Gasteiger partial charge in [0.1, 0.15) is 0 Å². The molecule has 0 amide bonds. The zero-order valence-corrected chi connectivity index (χ0v) is 13.3. The molecule has 2 aromatic carbocycles. The zero-order valence-electron chi connectivity index (χ0n) is 11.0. The Morgan fingerprint density at radius 2 is 1.68 bits per heavy atom. The SMILES string of the molecule is O=C1OC(c2ccc(Cl)cc2)=NC1=Cc1ccc(Cl)c(Cl)c1. The summed E-state index contributed by atoms with van der Waals surface area (Å²) in [6, 6.07) is 11.9. The van der Waals surface area contributed by atoms with Gasteiger partial charge >= 0.3 is 5.97 Å². The van der Waals surface area contributed by atoms with Crippen LogP contribution in [-0.2, 0) is 9.53 Å². The third kappa shape index (κ3) is 3.17. The van der Waals surface area contributed by atoms with Gasteiger partial charge in [-0.05, 0) is 48.0 Å². The molecule has 6 heteroatoms. The highest BCUT2D eigenvalue weighted by Crippen LogP contribution is 2.25. The van der Waals surface area contributed by atoms with E-state index in [1.54, 1.807) is 48.5 Å². The maximum Gasteiger partial charge on any atom is 0.363 e. The number of benzene rings is 2. The van der Waals surface area contributed by atoms with Crippen LogP contribution in [0.1, 0.15) is 11.1 Å². The minimum Gasteiger partial charge on any atom is -0.402 e. The normalized spacial score (nSPS) is 15.9. The number of nitrogens with zero attached hydrogens (tertiary/aromatic N) is 1. The quantitative estimate of drug-likeness (QED) is 0.564. The van der Waals surface area contributed by atoms with Crippen LogP contribution in [0.25, 0.3) is 6.08 Å². The second-order valence-electron chi connectivity index (χ2n) is 4.52. The zero-order chi connectivity index (χ0) is 15.7. The lowest BCUT2D eigenvalue weighted by Gasteiger charge is -1.98. The lowest BCUT2D eigenvalue weighted by molar-refractivity contribution is -0.129. The predicted octanol–water partition coefficient (Wildman–Crippen LogP) is 4.99. The summed E-state index contributed by atoms with van der Waals surface area (Å²) in [7, 11) is 0. The number of carbonyl (C=O) groups excluding carboxylic acids is 1. The second kappa shape index (κ2) is 6.13. The van der Waals surface area contributed by atoms with Crippen LogP contribution in [-0.4, -0.2) is 11.9 Å². The Hall–Kier alpha value is -1.81. The molecule has 22 heavy (non-hydrogen) atoms. The van der Waals surface area contributed by atoms with Crippen molar-refractivity contribution in [2.75, 3.05) is 0 Å². The summed E-state index contributed by atoms with van der Waals surface area (Å²) in [5.41, 5.74) is 1.58. The molecular formula is C16H8Cl3NO2. The molecule has 1 aliphatic heterocycles. The molecule has 0 atom stereocenters. The van der Waals surface area contributed by atoms with Gasteiger partial charge in [0.25, 0.3) is 0 Å². The Kier molecular flexibility index (Phi) is 4.21. The fourth-order valence-electron chi connectivity index (χ4n) is 1.89. The molecular weight excluding hydrogens is 345 g/mol. The fourth-order valence-corrected chi connectivity index (χ4v) is 2.32. The highest BCUT2D eigenvalue weighted by molar-refractivity contribution is 6.42. The van der Waals surface area contributed by atoms with Crippen LogP contribution in [0.2, 0.25) is 15.1 Å². The molecule has 3 rings (SSSR count). The van der Waals surface area contributed by atoms with Gasteiger partial charge in [0.15, 0.2) is 5.70 Å². The molecule has 110 valence electrons. The Morgan fingerprint density at radius 3 is 2.36 bits per heavy atom. The summed E-state index contributed by atoms with van der Waals surface area (Å²) < 4.78 is 5.17. The van der Waals surface area contributed by atoms with Crippen molar-refractivity contribution in [1.29, 1.82) is 0 Å². The third-order valence-corrected chi connectivity index (χ3v) is 3.95. The van der Waals surface area contributed by atoms with Crippen molar-refractivity contribution < 1.29 is 9.53 Å². The van der Waals surface area contributed by atoms with Gasteiger partial charge in [-0.15, -0.1) is 0 Å². The largest absolute Gasteiger partial charge is 0.402 e. The number of hydrogen-bond acceptors (Lipinski definition) is 3. The van der Waals surface area contributed by atoms with E-state index in [4.69, 9.17) is 39.5 Å². The first-order chi connectivity index (χ1) is 10.5. The molecule has 0 N–H and O–H groups in total. The monoisotopic (exact) mass is 351 g/mol. The van der Waals surface area contributed by atoms with Gasteiger partial charge in [-0.2, -0.15) is 0 Å². The molecule has 0 bridgehead atoms. The summed E-state index contributed by atoms with van der Waals surface area (Å²) in [5.74, 6) is -0.274. The number of esters is 1. The third-order valence-electron chi connectivity index (χ3n) is 2.96. The molecule has 2 aromatic rings. The van der Waals surface area contributed by atoms with Crippen molar-refractivity contribution in [3.05, 3.63) is 74.4 Å². The van der Waals surface area contributed by atoms with Crippen LogP contribution < -0.4 is 0 Å². The maximum atomic E-state index is 11.9. The van der Waals surface area contributed by atoms with Crippen molar-refractivity contribution >= 4 is 52.7 Å².